The largest absolute Gasteiger partial charge is 0.350 e. The molecule has 0 aromatic heterocycles. The quantitative estimate of drug-likeness (QED) is 0.199. The fourth-order valence-electron chi connectivity index (χ4n) is 2.59. The summed E-state index contributed by atoms with van der Waals surface area (Å²) in [6, 6.07) is -1.24. The molecule has 0 heterocycles. The highest BCUT2D eigenvalue weighted by Gasteiger charge is 1.97. The fourth-order valence-corrected chi connectivity index (χ4v) is 2.59. The van der Waals surface area contributed by atoms with Gasteiger partial charge in [-0.3, -0.25) is 0 Å². The molecule has 0 aliphatic rings. The molecule has 26 heavy (non-hydrogen) atoms. The number of nitrogens with zero attached hydrogens (tertiary/aromatic N) is 2. The fraction of sp³-hybridized carbons (Fsp3) is 0.778. The van der Waals surface area contributed by atoms with E-state index in [2.05, 4.69) is 21.1 Å². The van der Waals surface area contributed by atoms with Crippen LogP contribution in [0.3, 0.4) is 0 Å². The highest BCUT2D eigenvalue weighted by atomic mass is 16.2. The number of nitrogens with two attached hydrogens (primary N) is 2. The number of rotatable bonds is 15. The van der Waals surface area contributed by atoms with Crippen molar-refractivity contribution in [1.82, 2.24) is 10.9 Å². The Morgan fingerprint density at radius 1 is 0.615 bits per heavy atom. The topological polar surface area (TPSA) is 135 Å². The van der Waals surface area contributed by atoms with Gasteiger partial charge in [-0.15, -0.1) is 0 Å². The van der Waals surface area contributed by atoms with E-state index in [0.29, 0.717) is 0 Å². The maximum atomic E-state index is 10.5. The van der Waals surface area contributed by atoms with E-state index in [-0.39, 0.29) is 0 Å². The molecule has 8 heteroatoms. The van der Waals surface area contributed by atoms with E-state index in [9.17, 15) is 9.59 Å². The van der Waals surface area contributed by atoms with Crippen LogP contribution in [0.4, 0.5) is 9.59 Å². The Labute approximate surface area is 157 Å². The van der Waals surface area contributed by atoms with E-state index in [1.54, 1.807) is 0 Å². The SMILES string of the molecule is C/C(CCCCCCCCCCCC/C(C)=N/NC(N)=O)=N\NC(N)=O. The number of amides is 4. The zero-order valence-corrected chi connectivity index (χ0v) is 16.4. The van der Waals surface area contributed by atoms with Crippen molar-refractivity contribution < 1.29 is 9.59 Å². The number of hydrogen-bond donors (Lipinski definition) is 4. The summed E-state index contributed by atoms with van der Waals surface area (Å²) in [7, 11) is 0. The number of nitrogens with one attached hydrogen (secondary N) is 2. The van der Waals surface area contributed by atoms with Gasteiger partial charge in [0, 0.05) is 11.4 Å². The normalized spacial score (nSPS) is 12.1. The summed E-state index contributed by atoms with van der Waals surface area (Å²) in [5.74, 6) is 0. The van der Waals surface area contributed by atoms with Crippen LogP contribution in [0.1, 0.15) is 90.9 Å². The Kier molecular flexibility index (Phi) is 15.0. The third kappa shape index (κ3) is 18.2. The third-order valence-electron chi connectivity index (χ3n) is 4.04. The van der Waals surface area contributed by atoms with Gasteiger partial charge in [0.2, 0.25) is 0 Å². The molecule has 8 nitrogen and oxygen atoms in total. The minimum Gasteiger partial charge on any atom is -0.350 e. The maximum Gasteiger partial charge on any atom is 0.332 e. The van der Waals surface area contributed by atoms with Crippen LogP contribution in [-0.4, -0.2) is 23.5 Å². The molecule has 6 N–H and O–H groups in total. The Hall–Kier alpha value is -2.12. The molecule has 0 rings (SSSR count). The molecule has 0 aromatic carbocycles. The van der Waals surface area contributed by atoms with Crippen LogP contribution in [0.5, 0.6) is 0 Å². The first-order chi connectivity index (χ1) is 12.4. The van der Waals surface area contributed by atoms with Crippen LogP contribution < -0.4 is 22.3 Å². The zero-order valence-electron chi connectivity index (χ0n) is 16.4. The van der Waals surface area contributed by atoms with Gasteiger partial charge in [-0.25, -0.2) is 20.4 Å². The molecular weight excluding hydrogens is 332 g/mol. The molecule has 0 aliphatic carbocycles. The number of hydrazone groups is 2. The van der Waals surface area contributed by atoms with E-state index in [1.807, 2.05) is 13.8 Å². The van der Waals surface area contributed by atoms with E-state index < -0.39 is 12.1 Å². The third-order valence-corrected chi connectivity index (χ3v) is 4.04. The Balaban J connectivity index is 3.34. The average molecular weight is 369 g/mol. The monoisotopic (exact) mass is 368 g/mol. The predicted octanol–water partition coefficient (Wildman–Crippen LogP) is 3.76. The summed E-state index contributed by atoms with van der Waals surface area (Å²) in [5, 5.41) is 7.79. The Morgan fingerprint density at radius 3 is 1.15 bits per heavy atom. The second kappa shape index (κ2) is 16.4. The van der Waals surface area contributed by atoms with E-state index in [4.69, 9.17) is 11.5 Å². The number of primary amides is 2. The van der Waals surface area contributed by atoms with Crippen molar-refractivity contribution in [1.29, 1.82) is 0 Å². The molecule has 0 saturated heterocycles. The van der Waals surface area contributed by atoms with Gasteiger partial charge in [-0.2, -0.15) is 10.2 Å². The number of carbonyl (C=O) groups is 2. The van der Waals surface area contributed by atoms with Gasteiger partial charge in [0.1, 0.15) is 0 Å². The van der Waals surface area contributed by atoms with Crippen LogP contribution >= 0.6 is 0 Å². The van der Waals surface area contributed by atoms with Gasteiger partial charge in [-0.1, -0.05) is 51.4 Å². The second-order valence-electron chi connectivity index (χ2n) is 6.68. The van der Waals surface area contributed by atoms with Gasteiger partial charge in [0.05, 0.1) is 0 Å². The minimum atomic E-state index is -0.618. The molecule has 0 atom stereocenters. The summed E-state index contributed by atoms with van der Waals surface area (Å²) in [4.78, 5) is 21.0. The molecule has 0 spiro atoms. The Bertz CT molecular complexity index is 421. The molecule has 0 fully saturated rings. The summed E-state index contributed by atoms with van der Waals surface area (Å²) in [5.41, 5.74) is 16.2. The van der Waals surface area contributed by atoms with Crippen LogP contribution in [0.15, 0.2) is 10.2 Å². The standard InChI is InChI=1S/C18H36N6O2/c1-15(21-23-17(19)25)13-11-9-7-5-3-4-6-8-10-12-14-16(2)22-24-18(20)26/h3-14H2,1-2H3,(H3,19,23,25)(H3,20,24,26)/b21-15+,22-16+. The van der Waals surface area contributed by atoms with Gasteiger partial charge in [-0.05, 0) is 39.5 Å². The highest BCUT2D eigenvalue weighted by molar-refractivity contribution is 5.84. The van der Waals surface area contributed by atoms with Crippen LogP contribution in [-0.2, 0) is 0 Å². The number of urea groups is 2. The van der Waals surface area contributed by atoms with Crippen LogP contribution in [0, 0.1) is 0 Å². The van der Waals surface area contributed by atoms with Crippen molar-refractivity contribution in [3.05, 3.63) is 0 Å². The second-order valence-corrected chi connectivity index (χ2v) is 6.68. The lowest BCUT2D eigenvalue weighted by molar-refractivity contribution is 0.248. The smallest absolute Gasteiger partial charge is 0.332 e. The van der Waals surface area contributed by atoms with Crippen molar-refractivity contribution in [3.8, 4) is 0 Å². The van der Waals surface area contributed by atoms with Crippen LogP contribution in [0.25, 0.3) is 0 Å². The Morgan fingerprint density at radius 2 is 0.885 bits per heavy atom. The molecule has 4 amide bonds. The van der Waals surface area contributed by atoms with Gasteiger partial charge in [0.15, 0.2) is 0 Å². The minimum absolute atomic E-state index is 0.618. The summed E-state index contributed by atoms with van der Waals surface area (Å²) < 4.78 is 0. The van der Waals surface area contributed by atoms with Crippen molar-refractivity contribution in [2.75, 3.05) is 0 Å². The van der Waals surface area contributed by atoms with Crippen molar-refractivity contribution in [2.24, 2.45) is 21.7 Å². The van der Waals surface area contributed by atoms with E-state index in [0.717, 1.165) is 37.1 Å². The lowest BCUT2D eigenvalue weighted by Gasteiger charge is -2.04. The van der Waals surface area contributed by atoms with Crippen molar-refractivity contribution in [3.63, 3.8) is 0 Å². The van der Waals surface area contributed by atoms with Gasteiger partial charge >= 0.3 is 12.1 Å². The van der Waals surface area contributed by atoms with Crippen molar-refractivity contribution >= 4 is 23.5 Å². The molecule has 0 aliphatic heterocycles. The number of unbranched alkanes of at least 4 members (excludes halogenated alkanes) is 9. The zero-order chi connectivity index (χ0) is 19.6. The first-order valence-electron chi connectivity index (χ1n) is 9.59. The van der Waals surface area contributed by atoms with Gasteiger partial charge in [0.25, 0.3) is 0 Å². The van der Waals surface area contributed by atoms with Crippen LogP contribution in [0.2, 0.25) is 0 Å². The molecule has 0 radical (unpaired) electrons. The molecule has 0 aromatic rings. The summed E-state index contributed by atoms with van der Waals surface area (Å²) in [6.07, 6.45) is 14.0. The number of hydrogen-bond acceptors (Lipinski definition) is 4. The lowest BCUT2D eigenvalue weighted by Crippen LogP contribution is -2.25. The molecule has 0 unspecified atom stereocenters. The number of carbonyl (C=O) groups excluding carboxylic acids is 2. The van der Waals surface area contributed by atoms with E-state index in [1.165, 1.54) is 51.4 Å². The summed E-state index contributed by atoms with van der Waals surface area (Å²) >= 11 is 0. The average Bonchev–Trinajstić information content (AvgIpc) is 2.59. The van der Waals surface area contributed by atoms with Crippen molar-refractivity contribution in [2.45, 2.75) is 90.9 Å². The van der Waals surface area contributed by atoms with Gasteiger partial charge < -0.3 is 11.5 Å². The summed E-state index contributed by atoms with van der Waals surface area (Å²) in [6.45, 7) is 3.80. The first kappa shape index (κ1) is 23.9. The first-order valence-corrected chi connectivity index (χ1v) is 9.59. The lowest BCUT2D eigenvalue weighted by atomic mass is 10.0. The molecule has 0 saturated carbocycles. The molecule has 150 valence electrons. The predicted molar refractivity (Wildman–Crippen MR) is 107 cm³/mol. The molecular formula is C18H36N6O2. The highest BCUT2D eigenvalue weighted by Crippen LogP contribution is 2.12. The molecule has 0 bridgehead atoms. The van der Waals surface area contributed by atoms with E-state index >= 15 is 0 Å². The maximum absolute atomic E-state index is 10.5.